The van der Waals surface area contributed by atoms with Gasteiger partial charge in [0.15, 0.2) is 5.82 Å². The topological polar surface area (TPSA) is 100 Å². The van der Waals surface area contributed by atoms with Crippen LogP contribution in [0, 0.1) is 13.8 Å². The number of aromatic nitrogens is 4. The highest BCUT2D eigenvalue weighted by molar-refractivity contribution is 5.81. The average molecular weight is 348 g/mol. The third kappa shape index (κ3) is 4.05. The Morgan fingerprint density at radius 2 is 2.32 bits per heavy atom. The zero-order valence-corrected chi connectivity index (χ0v) is 15.0. The van der Waals surface area contributed by atoms with Crippen LogP contribution in [0.3, 0.4) is 0 Å². The van der Waals surface area contributed by atoms with Crippen LogP contribution in [-0.2, 0) is 16.1 Å². The highest BCUT2D eigenvalue weighted by Gasteiger charge is 2.31. The molecule has 9 nitrogen and oxygen atoms in total. The number of amides is 1. The maximum atomic E-state index is 12.7. The number of morpholine rings is 1. The third-order valence-corrected chi connectivity index (χ3v) is 4.36. The summed E-state index contributed by atoms with van der Waals surface area (Å²) >= 11 is 0. The van der Waals surface area contributed by atoms with Crippen molar-refractivity contribution < 1.29 is 14.1 Å². The molecule has 0 spiro atoms. The van der Waals surface area contributed by atoms with Gasteiger partial charge < -0.3 is 14.2 Å². The minimum atomic E-state index is -0.260. The van der Waals surface area contributed by atoms with Crippen molar-refractivity contribution in [3.63, 3.8) is 0 Å². The van der Waals surface area contributed by atoms with Gasteiger partial charge in [0, 0.05) is 26.2 Å². The van der Waals surface area contributed by atoms with Gasteiger partial charge in [0.2, 0.25) is 5.91 Å². The van der Waals surface area contributed by atoms with Crippen LogP contribution < -0.4 is 0 Å². The van der Waals surface area contributed by atoms with Gasteiger partial charge in [0.05, 0.1) is 19.2 Å². The fraction of sp³-hybridized carbons (Fsp3) is 0.625. The van der Waals surface area contributed by atoms with Crippen molar-refractivity contribution in [2.24, 2.45) is 0 Å². The Morgan fingerprint density at radius 3 is 2.96 bits per heavy atom. The lowest BCUT2D eigenvalue weighted by molar-refractivity contribution is -0.139. The van der Waals surface area contributed by atoms with Gasteiger partial charge in [-0.05, 0) is 20.8 Å². The minimum absolute atomic E-state index is 0.0347. The van der Waals surface area contributed by atoms with Crippen molar-refractivity contribution >= 4 is 5.91 Å². The second-order valence-electron chi connectivity index (χ2n) is 6.43. The Balaban J connectivity index is 1.60. The molecular formula is C16H24N6O3. The number of aryl methyl sites for hydroxylation is 2. The highest BCUT2D eigenvalue weighted by Crippen LogP contribution is 2.21. The number of carbonyl (C=O) groups is 1. The molecule has 0 aliphatic carbocycles. The predicted octanol–water partition coefficient (Wildman–Crippen LogP) is 0.830. The van der Waals surface area contributed by atoms with Gasteiger partial charge in [-0.15, -0.1) is 0 Å². The Hall–Kier alpha value is -2.26. The number of hydrogen-bond donors (Lipinski definition) is 1. The number of nitrogens with one attached hydrogen (secondary N) is 1. The molecule has 1 amide bonds. The lowest BCUT2D eigenvalue weighted by Crippen LogP contribution is -2.50. The van der Waals surface area contributed by atoms with E-state index in [0.29, 0.717) is 32.1 Å². The molecule has 1 aliphatic rings. The van der Waals surface area contributed by atoms with Crippen LogP contribution in [-0.4, -0.2) is 68.8 Å². The first-order valence-corrected chi connectivity index (χ1v) is 8.35. The molecule has 3 rings (SSSR count). The normalized spacial score (nSPS) is 19.8. The van der Waals surface area contributed by atoms with Crippen LogP contribution in [0.5, 0.6) is 0 Å². The van der Waals surface area contributed by atoms with E-state index >= 15 is 0 Å². The monoisotopic (exact) mass is 348 g/mol. The van der Waals surface area contributed by atoms with Crippen LogP contribution in [0.25, 0.3) is 0 Å². The van der Waals surface area contributed by atoms with Gasteiger partial charge in [-0.2, -0.15) is 5.10 Å². The van der Waals surface area contributed by atoms with Crippen molar-refractivity contribution in [2.75, 3.05) is 26.7 Å². The zero-order chi connectivity index (χ0) is 18.0. The first-order chi connectivity index (χ1) is 11.9. The van der Waals surface area contributed by atoms with Crippen molar-refractivity contribution in [3.8, 4) is 0 Å². The molecule has 0 aromatic carbocycles. The minimum Gasteiger partial charge on any atom is -0.367 e. The smallest absolute Gasteiger partial charge is 0.239 e. The predicted molar refractivity (Wildman–Crippen MR) is 88.6 cm³/mol. The van der Waals surface area contributed by atoms with Gasteiger partial charge in [-0.25, -0.2) is 4.98 Å². The molecule has 136 valence electrons. The number of ether oxygens (including phenoxy) is 1. The molecule has 25 heavy (non-hydrogen) atoms. The molecule has 0 unspecified atom stereocenters. The quantitative estimate of drug-likeness (QED) is 0.854. The number of aromatic amines is 1. The third-order valence-electron chi connectivity index (χ3n) is 4.36. The second-order valence-corrected chi connectivity index (χ2v) is 6.43. The molecule has 3 heterocycles. The number of nitrogens with zero attached hydrogens (tertiary/aromatic N) is 5. The second kappa shape index (κ2) is 7.32. The van der Waals surface area contributed by atoms with E-state index in [2.05, 4.69) is 25.2 Å². The summed E-state index contributed by atoms with van der Waals surface area (Å²) < 4.78 is 10.8. The molecule has 1 saturated heterocycles. The Labute approximate surface area is 146 Å². The molecule has 0 saturated carbocycles. The summed E-state index contributed by atoms with van der Waals surface area (Å²) in [6.45, 7) is 7.85. The summed E-state index contributed by atoms with van der Waals surface area (Å²) in [5.41, 5.74) is 0.747. The van der Waals surface area contributed by atoms with Crippen molar-refractivity contribution in [2.45, 2.75) is 39.5 Å². The molecule has 1 fully saturated rings. The standard InChI is InChI=1S/C16H24N6O3/c1-10-7-13(20-25-10)8-21(4)16(23)11(2)22-5-6-24-14(9-22)15-17-12(3)18-19-15/h7,11,14H,5-6,8-9H2,1-4H3,(H,17,18,19)/t11-,14-/m0/s1. The van der Waals surface area contributed by atoms with Crippen molar-refractivity contribution in [1.29, 1.82) is 0 Å². The van der Waals surface area contributed by atoms with Crippen LogP contribution >= 0.6 is 0 Å². The van der Waals surface area contributed by atoms with Crippen LogP contribution in [0.15, 0.2) is 10.6 Å². The first-order valence-electron chi connectivity index (χ1n) is 8.35. The lowest BCUT2D eigenvalue weighted by atomic mass is 10.1. The summed E-state index contributed by atoms with van der Waals surface area (Å²) in [6, 6.07) is 1.58. The fourth-order valence-electron chi connectivity index (χ4n) is 2.97. The molecule has 9 heteroatoms. The summed E-state index contributed by atoms with van der Waals surface area (Å²) in [5, 5.41) is 10.9. The Morgan fingerprint density at radius 1 is 1.52 bits per heavy atom. The number of rotatable bonds is 5. The number of H-pyrrole nitrogens is 1. The zero-order valence-electron chi connectivity index (χ0n) is 15.0. The van der Waals surface area contributed by atoms with Gasteiger partial charge in [-0.1, -0.05) is 5.16 Å². The first kappa shape index (κ1) is 17.6. The van der Waals surface area contributed by atoms with Gasteiger partial charge >= 0.3 is 0 Å². The van der Waals surface area contributed by atoms with Crippen molar-refractivity contribution in [3.05, 3.63) is 29.2 Å². The van der Waals surface area contributed by atoms with E-state index in [1.54, 1.807) is 11.9 Å². The molecule has 0 bridgehead atoms. The molecule has 1 aliphatic heterocycles. The number of carbonyl (C=O) groups excluding carboxylic acids is 1. The highest BCUT2D eigenvalue weighted by atomic mass is 16.5. The molecule has 1 N–H and O–H groups in total. The maximum Gasteiger partial charge on any atom is 0.239 e. The lowest BCUT2D eigenvalue weighted by Gasteiger charge is -2.36. The summed E-state index contributed by atoms with van der Waals surface area (Å²) in [4.78, 5) is 20.9. The van der Waals surface area contributed by atoms with E-state index in [1.807, 2.05) is 26.8 Å². The molecule has 0 radical (unpaired) electrons. The van der Waals surface area contributed by atoms with Crippen LogP contribution in [0.4, 0.5) is 0 Å². The molecule has 2 atom stereocenters. The van der Waals surface area contributed by atoms with E-state index in [1.165, 1.54) is 0 Å². The fourth-order valence-corrected chi connectivity index (χ4v) is 2.97. The number of hydrogen-bond acceptors (Lipinski definition) is 7. The van der Waals surface area contributed by atoms with Crippen molar-refractivity contribution in [1.82, 2.24) is 30.1 Å². The number of likely N-dealkylation sites (N-methyl/N-ethyl adjacent to an activating group) is 1. The maximum absolute atomic E-state index is 12.7. The Kier molecular flexibility index (Phi) is 5.14. The summed E-state index contributed by atoms with van der Waals surface area (Å²) in [5.74, 6) is 2.16. The largest absolute Gasteiger partial charge is 0.367 e. The van der Waals surface area contributed by atoms with E-state index in [0.717, 1.165) is 17.3 Å². The van der Waals surface area contributed by atoms with Crippen LogP contribution in [0.1, 0.15) is 36.1 Å². The van der Waals surface area contributed by atoms with E-state index in [9.17, 15) is 4.79 Å². The summed E-state index contributed by atoms with van der Waals surface area (Å²) in [6.07, 6.45) is -0.225. The SMILES string of the molecule is Cc1nc([C@@H]2CN([C@@H](C)C(=O)N(C)Cc3cc(C)on3)CCO2)n[nH]1. The van der Waals surface area contributed by atoms with E-state index in [4.69, 9.17) is 9.26 Å². The summed E-state index contributed by atoms with van der Waals surface area (Å²) in [7, 11) is 1.78. The van der Waals surface area contributed by atoms with E-state index < -0.39 is 0 Å². The van der Waals surface area contributed by atoms with Gasteiger partial charge in [0.25, 0.3) is 0 Å². The van der Waals surface area contributed by atoms with Gasteiger partial charge in [0.1, 0.15) is 23.4 Å². The van der Waals surface area contributed by atoms with E-state index in [-0.39, 0.29) is 18.1 Å². The molecule has 2 aromatic rings. The Bertz CT molecular complexity index is 727. The average Bonchev–Trinajstić information content (AvgIpc) is 3.22. The molecular weight excluding hydrogens is 324 g/mol. The van der Waals surface area contributed by atoms with Crippen LogP contribution in [0.2, 0.25) is 0 Å². The van der Waals surface area contributed by atoms with Gasteiger partial charge in [-0.3, -0.25) is 14.8 Å². The molecule has 2 aromatic heterocycles.